The smallest absolute Gasteiger partial charge is 0.261 e. The van der Waals surface area contributed by atoms with E-state index in [0.29, 0.717) is 13.2 Å². The Morgan fingerprint density at radius 1 is 1.26 bits per heavy atom. The second-order valence-corrected chi connectivity index (χ2v) is 5.62. The topological polar surface area (TPSA) is 38.3 Å². The summed E-state index contributed by atoms with van der Waals surface area (Å²) in [5.41, 5.74) is 1.16. The van der Waals surface area contributed by atoms with Crippen molar-refractivity contribution in [2.45, 2.75) is 13.8 Å². The highest BCUT2D eigenvalue weighted by molar-refractivity contribution is 7.13. The normalized spacial score (nSPS) is 10.2. The minimum absolute atomic E-state index is 0.0362. The van der Waals surface area contributed by atoms with Crippen molar-refractivity contribution < 1.29 is 9.53 Å². The van der Waals surface area contributed by atoms with Crippen LogP contribution in [0.5, 0.6) is 5.75 Å². The van der Waals surface area contributed by atoms with Crippen LogP contribution in [0.1, 0.15) is 20.1 Å². The molecular weight excluding hydrogens is 258 g/mol. The summed E-state index contributed by atoms with van der Waals surface area (Å²) >= 11 is 1.50. The number of thiophene rings is 1. The van der Waals surface area contributed by atoms with Crippen LogP contribution in [0.2, 0.25) is 0 Å². The lowest BCUT2D eigenvalue weighted by Crippen LogP contribution is -2.27. The molecule has 0 aliphatic carbocycles. The van der Waals surface area contributed by atoms with Crippen LogP contribution in [0.4, 0.5) is 0 Å². The van der Waals surface area contributed by atoms with Gasteiger partial charge in [0.1, 0.15) is 12.4 Å². The van der Waals surface area contributed by atoms with E-state index < -0.39 is 0 Å². The molecule has 1 aromatic heterocycles. The van der Waals surface area contributed by atoms with Gasteiger partial charge in [-0.1, -0.05) is 12.1 Å². The van der Waals surface area contributed by atoms with Crippen LogP contribution in [0.15, 0.2) is 36.4 Å². The van der Waals surface area contributed by atoms with Gasteiger partial charge in [-0.05, 0) is 43.7 Å². The van der Waals surface area contributed by atoms with Gasteiger partial charge in [0.15, 0.2) is 0 Å². The maximum absolute atomic E-state index is 11.8. The van der Waals surface area contributed by atoms with E-state index in [-0.39, 0.29) is 5.91 Å². The lowest BCUT2D eigenvalue weighted by atomic mass is 10.2. The highest BCUT2D eigenvalue weighted by Crippen LogP contribution is 2.14. The van der Waals surface area contributed by atoms with E-state index in [0.717, 1.165) is 21.1 Å². The number of nitrogens with one attached hydrogen (secondary N) is 1. The number of benzene rings is 1. The Bertz CT molecular complexity index is 563. The lowest BCUT2D eigenvalue weighted by Gasteiger charge is -2.07. The molecule has 3 nitrogen and oxygen atoms in total. The Kier molecular flexibility index (Phi) is 4.58. The highest BCUT2D eigenvalue weighted by Gasteiger charge is 2.06. The molecule has 0 fully saturated rings. The molecule has 0 bridgehead atoms. The highest BCUT2D eigenvalue weighted by atomic mass is 32.1. The van der Waals surface area contributed by atoms with Crippen LogP contribution < -0.4 is 10.1 Å². The second kappa shape index (κ2) is 6.38. The zero-order chi connectivity index (χ0) is 13.7. The van der Waals surface area contributed by atoms with Gasteiger partial charge in [-0.2, -0.15) is 0 Å². The molecule has 1 aromatic carbocycles. The van der Waals surface area contributed by atoms with E-state index in [4.69, 9.17) is 4.74 Å². The molecule has 4 heteroatoms. The van der Waals surface area contributed by atoms with Crippen molar-refractivity contribution >= 4 is 17.2 Å². The number of hydrogen-bond acceptors (Lipinski definition) is 3. The van der Waals surface area contributed by atoms with E-state index in [9.17, 15) is 4.79 Å². The van der Waals surface area contributed by atoms with Gasteiger partial charge < -0.3 is 10.1 Å². The van der Waals surface area contributed by atoms with Gasteiger partial charge in [-0.3, -0.25) is 4.79 Å². The van der Waals surface area contributed by atoms with Gasteiger partial charge in [0.25, 0.3) is 5.91 Å². The first-order valence-corrected chi connectivity index (χ1v) is 7.01. The Balaban J connectivity index is 1.74. The summed E-state index contributed by atoms with van der Waals surface area (Å²) < 4.78 is 5.57. The molecule has 0 atom stereocenters. The molecule has 1 N–H and O–H groups in total. The number of carbonyl (C=O) groups is 1. The summed E-state index contributed by atoms with van der Waals surface area (Å²) in [4.78, 5) is 13.7. The van der Waals surface area contributed by atoms with E-state index >= 15 is 0 Å². The van der Waals surface area contributed by atoms with Crippen molar-refractivity contribution in [1.82, 2.24) is 5.32 Å². The fourth-order valence-electron chi connectivity index (χ4n) is 1.68. The predicted molar refractivity (Wildman–Crippen MR) is 78.1 cm³/mol. The minimum Gasteiger partial charge on any atom is -0.492 e. The SMILES string of the molecule is Cc1cccc(OCCNC(=O)c2ccc(C)s2)c1. The third-order valence-corrected chi connectivity index (χ3v) is 3.61. The first-order chi connectivity index (χ1) is 9.15. The molecule has 2 aromatic rings. The Hall–Kier alpha value is -1.81. The number of hydrogen-bond donors (Lipinski definition) is 1. The number of amides is 1. The summed E-state index contributed by atoms with van der Waals surface area (Å²) in [6.07, 6.45) is 0. The first-order valence-electron chi connectivity index (χ1n) is 6.19. The maximum Gasteiger partial charge on any atom is 0.261 e. The quantitative estimate of drug-likeness (QED) is 0.851. The zero-order valence-corrected chi connectivity index (χ0v) is 11.9. The molecule has 2 rings (SSSR count). The van der Waals surface area contributed by atoms with Crippen LogP contribution in [0.25, 0.3) is 0 Å². The Morgan fingerprint density at radius 2 is 2.11 bits per heavy atom. The van der Waals surface area contributed by atoms with Crippen molar-refractivity contribution in [3.63, 3.8) is 0 Å². The molecule has 0 aliphatic heterocycles. The molecule has 1 amide bonds. The van der Waals surface area contributed by atoms with Crippen molar-refractivity contribution in [2.24, 2.45) is 0 Å². The lowest BCUT2D eigenvalue weighted by molar-refractivity contribution is 0.0951. The Morgan fingerprint density at radius 3 is 2.79 bits per heavy atom. The van der Waals surface area contributed by atoms with Gasteiger partial charge in [-0.25, -0.2) is 0 Å². The summed E-state index contributed by atoms with van der Waals surface area (Å²) in [7, 11) is 0. The fourth-order valence-corrected chi connectivity index (χ4v) is 2.47. The second-order valence-electron chi connectivity index (χ2n) is 4.33. The molecule has 0 saturated heterocycles. The summed E-state index contributed by atoms with van der Waals surface area (Å²) in [6.45, 7) is 4.99. The number of carbonyl (C=O) groups excluding carboxylic acids is 1. The summed E-state index contributed by atoms with van der Waals surface area (Å²) in [5.74, 6) is 0.798. The van der Waals surface area contributed by atoms with E-state index in [2.05, 4.69) is 5.32 Å². The number of aryl methyl sites for hydroxylation is 2. The summed E-state index contributed by atoms with van der Waals surface area (Å²) in [6, 6.07) is 11.7. The molecule has 0 radical (unpaired) electrons. The van der Waals surface area contributed by atoms with E-state index in [1.165, 1.54) is 11.3 Å². The van der Waals surface area contributed by atoms with Gasteiger partial charge >= 0.3 is 0 Å². The molecular formula is C15H17NO2S. The van der Waals surface area contributed by atoms with Crippen LogP contribution >= 0.6 is 11.3 Å². The fraction of sp³-hybridized carbons (Fsp3) is 0.267. The van der Waals surface area contributed by atoms with E-state index in [1.807, 2.05) is 50.2 Å². The van der Waals surface area contributed by atoms with Crippen LogP contribution in [-0.4, -0.2) is 19.1 Å². The minimum atomic E-state index is -0.0362. The van der Waals surface area contributed by atoms with Crippen molar-refractivity contribution in [3.8, 4) is 5.75 Å². The van der Waals surface area contributed by atoms with Crippen LogP contribution in [-0.2, 0) is 0 Å². The van der Waals surface area contributed by atoms with Crippen molar-refractivity contribution in [2.75, 3.05) is 13.2 Å². The number of rotatable bonds is 5. The van der Waals surface area contributed by atoms with Gasteiger partial charge in [0.2, 0.25) is 0 Å². The van der Waals surface area contributed by atoms with Crippen molar-refractivity contribution in [1.29, 1.82) is 0 Å². The molecule has 0 unspecified atom stereocenters. The third-order valence-electron chi connectivity index (χ3n) is 2.61. The molecule has 0 aliphatic rings. The van der Waals surface area contributed by atoms with Gasteiger partial charge in [-0.15, -0.1) is 11.3 Å². The van der Waals surface area contributed by atoms with Gasteiger partial charge in [0.05, 0.1) is 11.4 Å². The molecule has 0 saturated carbocycles. The third kappa shape index (κ3) is 4.10. The first kappa shape index (κ1) is 13.6. The largest absolute Gasteiger partial charge is 0.492 e. The van der Waals surface area contributed by atoms with Crippen LogP contribution in [0, 0.1) is 13.8 Å². The standard InChI is InChI=1S/C15H17NO2S/c1-11-4-3-5-13(10-11)18-9-8-16-15(17)14-7-6-12(2)19-14/h3-7,10H,8-9H2,1-2H3,(H,16,17). The molecule has 0 spiro atoms. The average molecular weight is 275 g/mol. The monoisotopic (exact) mass is 275 g/mol. The molecule has 1 heterocycles. The Labute approximate surface area is 117 Å². The maximum atomic E-state index is 11.8. The predicted octanol–water partition coefficient (Wildman–Crippen LogP) is 3.17. The number of ether oxygens (including phenoxy) is 1. The van der Waals surface area contributed by atoms with Crippen molar-refractivity contribution in [3.05, 3.63) is 51.7 Å². The van der Waals surface area contributed by atoms with Gasteiger partial charge in [0, 0.05) is 4.88 Å². The van der Waals surface area contributed by atoms with Crippen LogP contribution in [0.3, 0.4) is 0 Å². The zero-order valence-electron chi connectivity index (χ0n) is 11.1. The average Bonchev–Trinajstić information content (AvgIpc) is 2.81. The van der Waals surface area contributed by atoms with E-state index in [1.54, 1.807) is 0 Å². The molecule has 19 heavy (non-hydrogen) atoms. The molecule has 100 valence electrons. The summed E-state index contributed by atoms with van der Waals surface area (Å²) in [5, 5.41) is 2.84.